The Kier molecular flexibility index (Phi) is 3.42. The lowest BCUT2D eigenvalue weighted by Crippen LogP contribution is -2.42. The highest BCUT2D eigenvalue weighted by Crippen LogP contribution is 2.22. The molecule has 2 rings (SSSR count). The molecule has 0 aromatic carbocycles. The van der Waals surface area contributed by atoms with Crippen LogP contribution >= 0.6 is 0 Å². The summed E-state index contributed by atoms with van der Waals surface area (Å²) in [6.07, 6.45) is 3.16. The lowest BCUT2D eigenvalue weighted by Gasteiger charge is -2.35. The normalized spacial score (nSPS) is 17.8. The number of hydrogen-bond acceptors (Lipinski definition) is 5. The molecular weight excluding hydrogens is 221 g/mol. The monoisotopic (exact) mass is 239 g/mol. The highest BCUT2D eigenvalue weighted by atomic mass is 19.1. The summed E-state index contributed by atoms with van der Waals surface area (Å²) in [6.45, 7) is 1.60. The first-order valence-corrected chi connectivity index (χ1v) is 5.77. The lowest BCUT2D eigenvalue weighted by atomic mass is 10.0. The maximum Gasteiger partial charge on any atom is 0.222 e. The van der Waals surface area contributed by atoms with Crippen molar-refractivity contribution >= 4 is 11.8 Å². The summed E-state index contributed by atoms with van der Waals surface area (Å²) in [5.74, 6) is 0.0494. The van der Waals surface area contributed by atoms with Gasteiger partial charge < -0.3 is 15.5 Å². The summed E-state index contributed by atoms with van der Waals surface area (Å²) in [6, 6.07) is 0.563. The van der Waals surface area contributed by atoms with E-state index in [2.05, 4.69) is 29.0 Å². The molecule has 0 bridgehead atoms. The second-order valence-corrected chi connectivity index (χ2v) is 4.58. The third-order valence-electron chi connectivity index (χ3n) is 3.24. The topological polar surface area (TPSA) is 58.3 Å². The Labute approximate surface area is 100 Å². The van der Waals surface area contributed by atoms with Gasteiger partial charge in [0.15, 0.2) is 11.6 Å². The van der Waals surface area contributed by atoms with Gasteiger partial charge in [-0.2, -0.15) is 4.98 Å². The van der Waals surface area contributed by atoms with Gasteiger partial charge in [0.1, 0.15) is 0 Å². The predicted octanol–water partition coefficient (Wildman–Crippen LogP) is 0.728. The molecule has 17 heavy (non-hydrogen) atoms. The standard InChI is InChI=1S/C11H18FN5/c1-16(2)8-3-5-17(6-4-8)10-9(12)7-14-11(13)15-10/h7-8H,3-6H2,1-2H3,(H2,13,14,15). The molecule has 0 aliphatic carbocycles. The molecule has 94 valence electrons. The van der Waals surface area contributed by atoms with Gasteiger partial charge in [-0.1, -0.05) is 0 Å². The quantitative estimate of drug-likeness (QED) is 0.824. The third-order valence-corrected chi connectivity index (χ3v) is 3.24. The van der Waals surface area contributed by atoms with Crippen molar-refractivity contribution in [2.45, 2.75) is 18.9 Å². The highest BCUT2D eigenvalue weighted by molar-refractivity contribution is 5.42. The number of piperidine rings is 1. The van der Waals surface area contributed by atoms with E-state index >= 15 is 0 Å². The highest BCUT2D eigenvalue weighted by Gasteiger charge is 2.23. The van der Waals surface area contributed by atoms with Crippen LogP contribution in [0.4, 0.5) is 16.2 Å². The molecule has 1 aliphatic rings. The van der Waals surface area contributed by atoms with Crippen molar-refractivity contribution in [2.75, 3.05) is 37.8 Å². The van der Waals surface area contributed by atoms with Gasteiger partial charge in [-0.05, 0) is 26.9 Å². The Morgan fingerprint density at radius 2 is 2.06 bits per heavy atom. The van der Waals surface area contributed by atoms with E-state index in [1.165, 1.54) is 0 Å². The second-order valence-electron chi connectivity index (χ2n) is 4.58. The first kappa shape index (κ1) is 12.0. The van der Waals surface area contributed by atoms with Crippen molar-refractivity contribution < 1.29 is 4.39 Å². The zero-order chi connectivity index (χ0) is 12.4. The van der Waals surface area contributed by atoms with Crippen LogP contribution in [0.3, 0.4) is 0 Å². The number of nitrogens with two attached hydrogens (primary N) is 1. The summed E-state index contributed by atoms with van der Waals surface area (Å²) in [5, 5.41) is 0. The maximum absolute atomic E-state index is 13.6. The Morgan fingerprint density at radius 3 is 2.65 bits per heavy atom. The van der Waals surface area contributed by atoms with Crippen molar-refractivity contribution in [2.24, 2.45) is 0 Å². The maximum atomic E-state index is 13.6. The van der Waals surface area contributed by atoms with Gasteiger partial charge in [-0.3, -0.25) is 0 Å². The Hall–Kier alpha value is -1.43. The fraction of sp³-hybridized carbons (Fsp3) is 0.636. The van der Waals surface area contributed by atoms with Crippen LogP contribution in [-0.2, 0) is 0 Å². The van der Waals surface area contributed by atoms with E-state index in [4.69, 9.17) is 5.73 Å². The molecule has 0 spiro atoms. The second kappa shape index (κ2) is 4.83. The molecule has 1 saturated heterocycles. The number of aromatic nitrogens is 2. The smallest absolute Gasteiger partial charge is 0.222 e. The van der Waals surface area contributed by atoms with Gasteiger partial charge in [0.2, 0.25) is 5.95 Å². The zero-order valence-electron chi connectivity index (χ0n) is 10.2. The van der Waals surface area contributed by atoms with E-state index in [9.17, 15) is 4.39 Å². The molecule has 5 nitrogen and oxygen atoms in total. The molecule has 1 aliphatic heterocycles. The minimum atomic E-state index is -0.400. The van der Waals surface area contributed by atoms with Gasteiger partial charge in [-0.15, -0.1) is 0 Å². The summed E-state index contributed by atoms with van der Waals surface area (Å²) < 4.78 is 13.6. The van der Waals surface area contributed by atoms with Gasteiger partial charge >= 0.3 is 0 Å². The van der Waals surface area contributed by atoms with E-state index in [1.807, 2.05) is 4.90 Å². The summed E-state index contributed by atoms with van der Waals surface area (Å²) in [7, 11) is 4.15. The van der Waals surface area contributed by atoms with Crippen LogP contribution < -0.4 is 10.6 Å². The molecule has 1 aromatic heterocycles. The predicted molar refractivity (Wildman–Crippen MR) is 65.3 cm³/mol. The summed E-state index contributed by atoms with van der Waals surface area (Å²) >= 11 is 0. The van der Waals surface area contributed by atoms with E-state index in [0.29, 0.717) is 11.9 Å². The first-order valence-electron chi connectivity index (χ1n) is 5.77. The van der Waals surface area contributed by atoms with Crippen LogP contribution in [-0.4, -0.2) is 48.1 Å². The lowest BCUT2D eigenvalue weighted by molar-refractivity contribution is 0.249. The SMILES string of the molecule is CN(C)C1CCN(c2nc(N)ncc2F)CC1. The molecule has 0 unspecified atom stereocenters. The van der Waals surface area contributed by atoms with Crippen LogP contribution in [0.1, 0.15) is 12.8 Å². The third kappa shape index (κ3) is 2.63. The number of halogens is 1. The number of hydrogen-bond donors (Lipinski definition) is 1. The van der Waals surface area contributed by atoms with Gasteiger partial charge in [0.25, 0.3) is 0 Å². The minimum absolute atomic E-state index is 0.121. The van der Waals surface area contributed by atoms with Crippen molar-refractivity contribution in [1.82, 2.24) is 14.9 Å². The van der Waals surface area contributed by atoms with Crippen LogP contribution in [0.2, 0.25) is 0 Å². The van der Waals surface area contributed by atoms with Gasteiger partial charge in [-0.25, -0.2) is 9.37 Å². The Morgan fingerprint density at radius 1 is 1.41 bits per heavy atom. The molecule has 0 saturated carbocycles. The molecule has 6 heteroatoms. The van der Waals surface area contributed by atoms with Crippen LogP contribution in [0.25, 0.3) is 0 Å². The average molecular weight is 239 g/mol. The molecule has 1 aromatic rings. The van der Waals surface area contributed by atoms with Crippen molar-refractivity contribution in [1.29, 1.82) is 0 Å². The van der Waals surface area contributed by atoms with E-state index in [0.717, 1.165) is 32.1 Å². The summed E-state index contributed by atoms with van der Waals surface area (Å²) in [5.41, 5.74) is 5.49. The molecular formula is C11H18FN5. The fourth-order valence-electron chi connectivity index (χ4n) is 2.19. The molecule has 0 atom stereocenters. The molecule has 2 N–H and O–H groups in total. The van der Waals surface area contributed by atoms with Crippen molar-refractivity contribution in [3.05, 3.63) is 12.0 Å². The van der Waals surface area contributed by atoms with E-state index < -0.39 is 5.82 Å². The van der Waals surface area contributed by atoms with Crippen LogP contribution in [0.15, 0.2) is 6.20 Å². The van der Waals surface area contributed by atoms with E-state index in [1.54, 1.807) is 0 Å². The van der Waals surface area contributed by atoms with E-state index in [-0.39, 0.29) is 5.95 Å². The number of anilines is 2. The van der Waals surface area contributed by atoms with Crippen LogP contribution in [0.5, 0.6) is 0 Å². The van der Waals surface area contributed by atoms with Crippen molar-refractivity contribution in [3.63, 3.8) is 0 Å². The average Bonchev–Trinajstić information content (AvgIpc) is 2.32. The Balaban J connectivity index is 2.07. The van der Waals surface area contributed by atoms with Crippen LogP contribution in [0, 0.1) is 5.82 Å². The fourth-order valence-corrected chi connectivity index (χ4v) is 2.19. The number of rotatable bonds is 2. The first-order chi connectivity index (χ1) is 8.08. The molecule has 0 radical (unpaired) electrons. The van der Waals surface area contributed by atoms with Crippen molar-refractivity contribution in [3.8, 4) is 0 Å². The molecule has 2 heterocycles. The minimum Gasteiger partial charge on any atom is -0.368 e. The zero-order valence-corrected chi connectivity index (χ0v) is 10.2. The molecule has 1 fully saturated rings. The van der Waals surface area contributed by atoms with Gasteiger partial charge in [0, 0.05) is 19.1 Å². The molecule has 0 amide bonds. The Bertz CT molecular complexity index is 387. The summed E-state index contributed by atoms with van der Waals surface area (Å²) in [4.78, 5) is 11.8. The number of nitrogen functional groups attached to an aromatic ring is 1. The largest absolute Gasteiger partial charge is 0.368 e. The number of nitrogens with zero attached hydrogens (tertiary/aromatic N) is 4. The van der Waals surface area contributed by atoms with Gasteiger partial charge in [0.05, 0.1) is 6.20 Å².